The monoisotopic (exact) mass is 891 g/mol. The molecule has 0 unspecified atom stereocenters. The Balaban J connectivity index is 1.13. The van der Waals surface area contributed by atoms with Gasteiger partial charge in [0.1, 0.15) is 0 Å². The van der Waals surface area contributed by atoms with E-state index in [1.807, 2.05) is 11.3 Å². The minimum Gasteiger partial charge on any atom is -0.309 e. The highest BCUT2D eigenvalue weighted by atomic mass is 32.1. The summed E-state index contributed by atoms with van der Waals surface area (Å²) >= 11 is 1.88. The molecular weight excluding hydrogens is 851 g/mol. The van der Waals surface area contributed by atoms with Crippen LogP contribution in [0.1, 0.15) is 22.3 Å². The number of nitrogens with zero attached hydrogens (tertiary/aromatic N) is 1. The molecule has 0 radical (unpaired) electrons. The van der Waals surface area contributed by atoms with E-state index >= 15 is 0 Å². The number of anilines is 3. The summed E-state index contributed by atoms with van der Waals surface area (Å²) in [5.74, 6) is 0. The molecule has 1 aromatic heterocycles. The van der Waals surface area contributed by atoms with Gasteiger partial charge in [-0.1, -0.05) is 206 Å². The van der Waals surface area contributed by atoms with Gasteiger partial charge in [0.15, 0.2) is 0 Å². The highest BCUT2D eigenvalue weighted by molar-refractivity contribution is 7.25. The lowest BCUT2D eigenvalue weighted by molar-refractivity contribution is 0.794. The molecule has 15 rings (SSSR count). The van der Waals surface area contributed by atoms with E-state index in [9.17, 15) is 0 Å². The van der Waals surface area contributed by atoms with Crippen molar-refractivity contribution in [2.75, 3.05) is 4.90 Å². The largest absolute Gasteiger partial charge is 0.309 e. The second-order valence-electron chi connectivity index (χ2n) is 18.6. The molecule has 69 heavy (non-hydrogen) atoms. The molecule has 0 fully saturated rings. The van der Waals surface area contributed by atoms with Crippen LogP contribution in [0.25, 0.3) is 97.0 Å². The summed E-state index contributed by atoms with van der Waals surface area (Å²) in [6.45, 7) is 0. The van der Waals surface area contributed by atoms with Gasteiger partial charge in [-0.25, -0.2) is 0 Å². The summed E-state index contributed by atoms with van der Waals surface area (Å²) in [4.78, 5) is 2.60. The quantitative estimate of drug-likeness (QED) is 0.156. The summed E-state index contributed by atoms with van der Waals surface area (Å²) in [5, 5.41) is 10.1. The molecule has 0 saturated carbocycles. The summed E-state index contributed by atoms with van der Waals surface area (Å²) < 4.78 is 2.59. The van der Waals surface area contributed by atoms with Crippen LogP contribution in [0.4, 0.5) is 17.1 Å². The van der Waals surface area contributed by atoms with Crippen LogP contribution in [-0.2, 0) is 5.41 Å². The Morgan fingerprint density at radius 2 is 0.768 bits per heavy atom. The van der Waals surface area contributed by atoms with E-state index in [0.29, 0.717) is 0 Å². The SMILES string of the molecule is c1ccc(-c2ccccc2N(c2ccc3c4ccccc4c4ccccc4c3c2)c2cc3c(cc2-c2cccc4sc5ccccc5c24)-c2ccccc2C32c3ccccc3-c3ccccc32)cc1. The van der Waals surface area contributed by atoms with Gasteiger partial charge in [0.25, 0.3) is 0 Å². The van der Waals surface area contributed by atoms with Gasteiger partial charge in [-0.2, -0.15) is 0 Å². The molecule has 13 aromatic rings. The van der Waals surface area contributed by atoms with Gasteiger partial charge in [-0.15, -0.1) is 11.3 Å². The molecule has 1 heterocycles. The van der Waals surface area contributed by atoms with E-state index in [1.165, 1.54) is 119 Å². The first kappa shape index (κ1) is 38.5. The van der Waals surface area contributed by atoms with Gasteiger partial charge in [0.05, 0.1) is 16.8 Å². The van der Waals surface area contributed by atoms with E-state index in [-0.39, 0.29) is 0 Å². The third-order valence-corrected chi connectivity index (χ3v) is 16.4. The van der Waals surface area contributed by atoms with Crippen LogP contribution >= 0.6 is 11.3 Å². The van der Waals surface area contributed by atoms with Crippen molar-refractivity contribution in [1.82, 2.24) is 0 Å². The van der Waals surface area contributed by atoms with Crippen molar-refractivity contribution in [2.24, 2.45) is 0 Å². The standard InChI is InChI=1S/C67H41NS/c1-2-19-42(20-3-1)44-21-11-16-34-62(44)68(43-37-38-49-47-24-5-4-22-45(47)46-23-6-7-25-48(46)55(49)39-43)63-41-61-56(40-57(63)53-30-18-36-65-66(53)54-29-12-17-35-64(54)69-65)52-28-10-15-33-60(52)67(61)58-31-13-8-26-50(58)51-27-9-14-32-59(51)67/h1-41H. The van der Waals surface area contributed by atoms with Gasteiger partial charge in [0, 0.05) is 37.0 Å². The fourth-order valence-electron chi connectivity index (χ4n) is 12.5. The topological polar surface area (TPSA) is 3.24 Å². The number of hydrogen-bond donors (Lipinski definition) is 0. The van der Waals surface area contributed by atoms with Gasteiger partial charge in [0.2, 0.25) is 0 Å². The molecule has 2 heteroatoms. The Morgan fingerprint density at radius 1 is 0.275 bits per heavy atom. The summed E-state index contributed by atoms with van der Waals surface area (Å²) in [6, 6.07) is 93.5. The van der Waals surface area contributed by atoms with E-state index in [1.54, 1.807) is 0 Å². The Bertz CT molecular complexity index is 4190. The second-order valence-corrected chi connectivity index (χ2v) is 19.7. The summed E-state index contributed by atoms with van der Waals surface area (Å²) in [5.41, 5.74) is 18.1. The maximum Gasteiger partial charge on any atom is 0.0726 e. The zero-order valence-electron chi connectivity index (χ0n) is 37.5. The maximum absolute atomic E-state index is 2.60. The molecule has 0 bridgehead atoms. The second kappa shape index (κ2) is 14.7. The highest BCUT2D eigenvalue weighted by Gasteiger charge is 2.52. The van der Waals surface area contributed by atoms with Crippen molar-refractivity contribution in [1.29, 1.82) is 0 Å². The van der Waals surface area contributed by atoms with E-state index in [4.69, 9.17) is 0 Å². The van der Waals surface area contributed by atoms with Crippen molar-refractivity contribution >= 4 is 80.9 Å². The Labute approximate surface area is 404 Å². The van der Waals surface area contributed by atoms with Crippen LogP contribution in [0, 0.1) is 0 Å². The Kier molecular flexibility index (Phi) is 8.22. The zero-order chi connectivity index (χ0) is 45.2. The smallest absolute Gasteiger partial charge is 0.0726 e. The minimum absolute atomic E-state index is 0.531. The summed E-state index contributed by atoms with van der Waals surface area (Å²) in [7, 11) is 0. The van der Waals surface area contributed by atoms with E-state index < -0.39 is 5.41 Å². The molecule has 320 valence electrons. The van der Waals surface area contributed by atoms with Crippen LogP contribution in [0.5, 0.6) is 0 Å². The first-order valence-electron chi connectivity index (χ1n) is 23.9. The fourth-order valence-corrected chi connectivity index (χ4v) is 13.6. The van der Waals surface area contributed by atoms with E-state index in [0.717, 1.165) is 17.1 Å². The van der Waals surface area contributed by atoms with Crippen molar-refractivity contribution in [2.45, 2.75) is 5.41 Å². The molecule has 0 atom stereocenters. The van der Waals surface area contributed by atoms with Crippen LogP contribution in [-0.4, -0.2) is 0 Å². The number of para-hydroxylation sites is 1. The molecule has 2 aliphatic carbocycles. The van der Waals surface area contributed by atoms with Gasteiger partial charge >= 0.3 is 0 Å². The number of thiophene rings is 1. The third kappa shape index (κ3) is 5.35. The van der Waals surface area contributed by atoms with E-state index in [2.05, 4.69) is 254 Å². The fraction of sp³-hybridized carbons (Fsp3) is 0.0149. The molecular formula is C67H41NS. The van der Waals surface area contributed by atoms with Gasteiger partial charge in [-0.05, 0) is 130 Å². The van der Waals surface area contributed by atoms with Crippen LogP contribution in [0.3, 0.4) is 0 Å². The molecule has 0 aliphatic heterocycles. The maximum atomic E-state index is 2.60. The molecule has 1 spiro atoms. The zero-order valence-corrected chi connectivity index (χ0v) is 38.3. The first-order valence-corrected chi connectivity index (χ1v) is 24.7. The Hall–Kier alpha value is -8.56. The summed E-state index contributed by atoms with van der Waals surface area (Å²) in [6.07, 6.45) is 0. The number of benzene rings is 12. The third-order valence-electron chi connectivity index (χ3n) is 15.3. The Morgan fingerprint density at radius 3 is 1.43 bits per heavy atom. The number of rotatable bonds is 5. The van der Waals surface area contributed by atoms with Crippen LogP contribution in [0.2, 0.25) is 0 Å². The average molecular weight is 892 g/mol. The molecule has 0 N–H and O–H groups in total. The molecule has 0 amide bonds. The van der Waals surface area contributed by atoms with Crippen LogP contribution in [0.15, 0.2) is 249 Å². The molecule has 1 nitrogen and oxygen atoms in total. The van der Waals surface area contributed by atoms with Crippen molar-refractivity contribution in [3.8, 4) is 44.5 Å². The lowest BCUT2D eigenvalue weighted by atomic mass is 9.70. The van der Waals surface area contributed by atoms with Crippen molar-refractivity contribution < 1.29 is 0 Å². The first-order chi connectivity index (χ1) is 34.3. The molecule has 2 aliphatic rings. The van der Waals surface area contributed by atoms with Crippen LogP contribution < -0.4 is 4.90 Å². The van der Waals surface area contributed by atoms with Gasteiger partial charge < -0.3 is 4.90 Å². The average Bonchev–Trinajstić information content (AvgIpc) is 4.05. The molecule has 0 saturated heterocycles. The normalized spacial score (nSPS) is 13.0. The predicted octanol–water partition coefficient (Wildman–Crippen LogP) is 18.7. The minimum atomic E-state index is -0.531. The number of fused-ring (bicyclic) bond motifs is 19. The number of hydrogen-bond acceptors (Lipinski definition) is 2. The highest BCUT2D eigenvalue weighted by Crippen LogP contribution is 2.64. The predicted molar refractivity (Wildman–Crippen MR) is 294 cm³/mol. The van der Waals surface area contributed by atoms with Gasteiger partial charge in [-0.3, -0.25) is 0 Å². The molecule has 12 aromatic carbocycles. The lowest BCUT2D eigenvalue weighted by Gasteiger charge is -2.34. The van der Waals surface area contributed by atoms with Crippen molar-refractivity contribution in [3.05, 3.63) is 271 Å². The lowest BCUT2D eigenvalue weighted by Crippen LogP contribution is -2.26. The van der Waals surface area contributed by atoms with Crippen molar-refractivity contribution in [3.63, 3.8) is 0 Å².